The van der Waals surface area contributed by atoms with Crippen molar-refractivity contribution in [1.29, 1.82) is 0 Å². The molecule has 2 nitrogen and oxygen atoms in total. The zero-order valence-corrected chi connectivity index (χ0v) is 9.93. The van der Waals surface area contributed by atoms with Crippen molar-refractivity contribution in [2.45, 2.75) is 19.4 Å². The highest BCUT2D eigenvalue weighted by Crippen LogP contribution is 2.23. The maximum absolute atomic E-state index is 9.50. The van der Waals surface area contributed by atoms with Crippen molar-refractivity contribution in [1.82, 2.24) is 0 Å². The second-order valence-electron chi connectivity index (χ2n) is 4.34. The van der Waals surface area contributed by atoms with Gasteiger partial charge in [-0.1, -0.05) is 36.4 Å². The summed E-state index contributed by atoms with van der Waals surface area (Å²) >= 11 is 0. The van der Waals surface area contributed by atoms with Gasteiger partial charge in [0.2, 0.25) is 0 Å². The van der Waals surface area contributed by atoms with Crippen LogP contribution in [0.5, 0.6) is 5.75 Å². The number of benzene rings is 2. The first kappa shape index (κ1) is 11.7. The van der Waals surface area contributed by atoms with Crippen molar-refractivity contribution in [3.05, 3.63) is 65.2 Å². The van der Waals surface area contributed by atoms with Crippen LogP contribution in [0.25, 0.3) is 0 Å². The number of rotatable bonds is 3. The van der Waals surface area contributed by atoms with Crippen molar-refractivity contribution in [2.24, 2.45) is 5.73 Å². The van der Waals surface area contributed by atoms with E-state index in [0.717, 1.165) is 17.5 Å². The Bertz CT molecular complexity index is 494. The Morgan fingerprint density at radius 2 is 1.82 bits per heavy atom. The number of hydrogen-bond donors (Lipinski definition) is 2. The third-order valence-electron chi connectivity index (χ3n) is 2.96. The molecule has 0 aliphatic rings. The molecule has 0 amide bonds. The fourth-order valence-corrected chi connectivity index (χ4v) is 2.01. The van der Waals surface area contributed by atoms with Gasteiger partial charge < -0.3 is 10.8 Å². The lowest BCUT2D eigenvalue weighted by Gasteiger charge is -2.15. The van der Waals surface area contributed by atoms with Crippen molar-refractivity contribution in [2.75, 3.05) is 0 Å². The SMILES string of the molecule is Cc1ccc(O)cc1C(N)Cc1ccccc1. The van der Waals surface area contributed by atoms with Crippen molar-refractivity contribution < 1.29 is 5.11 Å². The second kappa shape index (κ2) is 5.02. The van der Waals surface area contributed by atoms with Gasteiger partial charge in [0, 0.05) is 6.04 Å². The number of aromatic hydroxyl groups is 1. The quantitative estimate of drug-likeness (QED) is 0.846. The third kappa shape index (κ3) is 2.86. The van der Waals surface area contributed by atoms with E-state index in [1.54, 1.807) is 12.1 Å². The van der Waals surface area contributed by atoms with Gasteiger partial charge >= 0.3 is 0 Å². The molecule has 0 fully saturated rings. The average molecular weight is 227 g/mol. The minimum absolute atomic E-state index is 0.0792. The Morgan fingerprint density at radius 3 is 2.53 bits per heavy atom. The number of phenols is 1. The summed E-state index contributed by atoms with van der Waals surface area (Å²) in [6.07, 6.45) is 0.783. The number of aryl methyl sites for hydroxylation is 1. The van der Waals surface area contributed by atoms with Gasteiger partial charge in [-0.05, 0) is 42.2 Å². The van der Waals surface area contributed by atoms with Gasteiger partial charge in [0.1, 0.15) is 5.75 Å². The molecule has 17 heavy (non-hydrogen) atoms. The van der Waals surface area contributed by atoms with E-state index in [2.05, 4.69) is 12.1 Å². The standard InChI is InChI=1S/C15H17NO/c1-11-7-8-13(17)10-14(11)15(16)9-12-5-3-2-4-6-12/h2-8,10,15,17H,9,16H2,1H3. The van der Waals surface area contributed by atoms with Crippen molar-refractivity contribution >= 4 is 0 Å². The topological polar surface area (TPSA) is 46.2 Å². The lowest BCUT2D eigenvalue weighted by atomic mass is 9.96. The summed E-state index contributed by atoms with van der Waals surface area (Å²) in [4.78, 5) is 0. The van der Waals surface area contributed by atoms with Crippen LogP contribution in [0.1, 0.15) is 22.7 Å². The first-order valence-corrected chi connectivity index (χ1v) is 5.76. The fourth-order valence-electron chi connectivity index (χ4n) is 2.01. The predicted molar refractivity (Wildman–Crippen MR) is 69.9 cm³/mol. The lowest BCUT2D eigenvalue weighted by molar-refractivity contribution is 0.473. The van der Waals surface area contributed by atoms with Gasteiger partial charge in [0.25, 0.3) is 0 Å². The summed E-state index contributed by atoms with van der Waals surface area (Å²) in [7, 11) is 0. The summed E-state index contributed by atoms with van der Waals surface area (Å²) in [6, 6.07) is 15.4. The van der Waals surface area contributed by atoms with Crippen LogP contribution in [0.15, 0.2) is 48.5 Å². The minimum atomic E-state index is -0.0792. The monoisotopic (exact) mass is 227 g/mol. The molecule has 2 heteroatoms. The van der Waals surface area contributed by atoms with Gasteiger partial charge in [-0.3, -0.25) is 0 Å². The summed E-state index contributed by atoms with van der Waals surface area (Å²) in [6.45, 7) is 2.01. The largest absolute Gasteiger partial charge is 0.508 e. The van der Waals surface area contributed by atoms with Crippen molar-refractivity contribution in [3.8, 4) is 5.75 Å². The van der Waals surface area contributed by atoms with Crippen LogP contribution in [-0.4, -0.2) is 5.11 Å². The van der Waals surface area contributed by atoms with Crippen molar-refractivity contribution in [3.63, 3.8) is 0 Å². The molecule has 2 aromatic carbocycles. The summed E-state index contributed by atoms with van der Waals surface area (Å²) in [5.41, 5.74) is 9.52. The number of hydrogen-bond acceptors (Lipinski definition) is 2. The average Bonchev–Trinajstić information content (AvgIpc) is 2.33. The Balaban J connectivity index is 2.20. The van der Waals surface area contributed by atoms with Gasteiger partial charge in [-0.15, -0.1) is 0 Å². The molecule has 0 aliphatic heterocycles. The second-order valence-corrected chi connectivity index (χ2v) is 4.34. The van der Waals surface area contributed by atoms with E-state index in [1.807, 2.05) is 31.2 Å². The Kier molecular flexibility index (Phi) is 3.45. The molecule has 0 saturated carbocycles. The zero-order valence-electron chi connectivity index (χ0n) is 9.93. The van der Waals surface area contributed by atoms with Crippen LogP contribution in [0.2, 0.25) is 0 Å². The summed E-state index contributed by atoms with van der Waals surface area (Å²) < 4.78 is 0. The van der Waals surface area contributed by atoms with Crippen LogP contribution < -0.4 is 5.73 Å². The molecule has 0 heterocycles. The van der Waals surface area contributed by atoms with E-state index in [4.69, 9.17) is 5.73 Å². The molecule has 0 aliphatic carbocycles. The maximum Gasteiger partial charge on any atom is 0.115 e. The van der Waals surface area contributed by atoms with Crippen LogP contribution in [0.3, 0.4) is 0 Å². The molecule has 1 atom stereocenters. The first-order chi connectivity index (χ1) is 8.16. The number of nitrogens with two attached hydrogens (primary N) is 1. The number of phenolic OH excluding ortho intramolecular Hbond substituents is 1. The van der Waals surface area contributed by atoms with E-state index >= 15 is 0 Å². The summed E-state index contributed by atoms with van der Waals surface area (Å²) in [5.74, 6) is 0.272. The minimum Gasteiger partial charge on any atom is -0.508 e. The van der Waals surface area contributed by atoms with E-state index in [9.17, 15) is 5.11 Å². The summed E-state index contributed by atoms with van der Waals surface area (Å²) in [5, 5.41) is 9.50. The molecule has 0 bridgehead atoms. The van der Waals surface area contributed by atoms with Crippen LogP contribution in [0.4, 0.5) is 0 Å². The molecular weight excluding hydrogens is 210 g/mol. The fraction of sp³-hybridized carbons (Fsp3) is 0.200. The normalized spacial score (nSPS) is 12.4. The molecule has 0 aromatic heterocycles. The molecule has 3 N–H and O–H groups in total. The van der Waals surface area contributed by atoms with E-state index in [0.29, 0.717) is 0 Å². The molecule has 1 unspecified atom stereocenters. The third-order valence-corrected chi connectivity index (χ3v) is 2.96. The van der Waals surface area contributed by atoms with Gasteiger partial charge in [-0.25, -0.2) is 0 Å². The first-order valence-electron chi connectivity index (χ1n) is 5.76. The molecule has 0 spiro atoms. The zero-order chi connectivity index (χ0) is 12.3. The van der Waals surface area contributed by atoms with Crippen LogP contribution in [0, 0.1) is 6.92 Å². The van der Waals surface area contributed by atoms with Gasteiger partial charge in [-0.2, -0.15) is 0 Å². The molecule has 88 valence electrons. The molecule has 2 aromatic rings. The highest BCUT2D eigenvalue weighted by molar-refractivity contribution is 5.36. The van der Waals surface area contributed by atoms with E-state index in [-0.39, 0.29) is 11.8 Å². The Labute approximate surface area is 102 Å². The van der Waals surface area contributed by atoms with Crippen LogP contribution >= 0.6 is 0 Å². The predicted octanol–water partition coefficient (Wildman–Crippen LogP) is 2.94. The van der Waals surface area contributed by atoms with Crippen LogP contribution in [-0.2, 0) is 6.42 Å². The molecule has 0 radical (unpaired) electrons. The molecule has 0 saturated heterocycles. The van der Waals surface area contributed by atoms with E-state index in [1.165, 1.54) is 5.56 Å². The van der Waals surface area contributed by atoms with Gasteiger partial charge in [0.15, 0.2) is 0 Å². The highest BCUT2D eigenvalue weighted by atomic mass is 16.3. The Morgan fingerprint density at radius 1 is 1.12 bits per heavy atom. The molecular formula is C15H17NO. The lowest BCUT2D eigenvalue weighted by Crippen LogP contribution is -2.14. The van der Waals surface area contributed by atoms with Gasteiger partial charge in [0.05, 0.1) is 0 Å². The van der Waals surface area contributed by atoms with E-state index < -0.39 is 0 Å². The Hall–Kier alpha value is -1.80. The maximum atomic E-state index is 9.50. The molecule has 2 rings (SSSR count). The smallest absolute Gasteiger partial charge is 0.115 e. The highest BCUT2D eigenvalue weighted by Gasteiger charge is 2.10.